The van der Waals surface area contributed by atoms with Gasteiger partial charge in [-0.25, -0.2) is 0 Å². The molecule has 1 aromatic rings. The van der Waals surface area contributed by atoms with Gasteiger partial charge >= 0.3 is 5.97 Å². The summed E-state index contributed by atoms with van der Waals surface area (Å²) in [7, 11) is 1.64. The fraction of sp³-hybridized carbons (Fsp3) is 0.316. The van der Waals surface area contributed by atoms with Gasteiger partial charge in [0.15, 0.2) is 0 Å². The van der Waals surface area contributed by atoms with Gasteiger partial charge in [0, 0.05) is 6.42 Å². The molecule has 0 amide bonds. The first-order valence-electron chi connectivity index (χ1n) is 7.53. The van der Waals surface area contributed by atoms with E-state index in [0.717, 1.165) is 18.6 Å². The molecule has 0 bridgehead atoms. The maximum Gasteiger partial charge on any atom is 0.303 e. The van der Waals surface area contributed by atoms with Gasteiger partial charge in [0.05, 0.1) is 7.11 Å². The van der Waals surface area contributed by atoms with Gasteiger partial charge in [-0.15, -0.1) is 0 Å². The molecule has 1 atom stereocenters. The molecule has 1 aromatic carbocycles. The lowest BCUT2D eigenvalue weighted by atomic mass is 9.98. The molecule has 1 N–H and O–H groups in total. The van der Waals surface area contributed by atoms with Crippen molar-refractivity contribution < 1.29 is 14.6 Å². The number of benzene rings is 2. The largest absolute Gasteiger partial charge is 0.497 e. The Labute approximate surface area is 131 Å². The van der Waals surface area contributed by atoms with Crippen LogP contribution in [0.25, 0.3) is 11.1 Å². The number of hydrogen-bond acceptors (Lipinski definition) is 2. The highest BCUT2D eigenvalue weighted by atomic mass is 16.5. The van der Waals surface area contributed by atoms with Gasteiger partial charge in [0.1, 0.15) is 5.75 Å². The minimum absolute atomic E-state index is 0.222. The smallest absolute Gasteiger partial charge is 0.303 e. The summed E-state index contributed by atoms with van der Waals surface area (Å²) in [6.07, 6.45) is 2.06. The van der Waals surface area contributed by atoms with Crippen LogP contribution in [0, 0.1) is 5.92 Å². The van der Waals surface area contributed by atoms with Gasteiger partial charge in [-0.1, -0.05) is 37.3 Å². The molecule has 3 nitrogen and oxygen atoms in total. The first-order chi connectivity index (χ1) is 10.6. The number of methoxy groups -OCH3 is 1. The van der Waals surface area contributed by atoms with Gasteiger partial charge in [0.2, 0.25) is 0 Å². The molecule has 2 aliphatic carbocycles. The summed E-state index contributed by atoms with van der Waals surface area (Å²) in [6.45, 7) is 1.97. The zero-order chi connectivity index (χ0) is 15.9. The van der Waals surface area contributed by atoms with Crippen molar-refractivity contribution in [3.63, 3.8) is 0 Å². The highest BCUT2D eigenvalue weighted by Crippen LogP contribution is 2.32. The number of fused-ring (bicyclic) bond motifs is 1. The molecular weight excluding hydrogens is 276 g/mol. The summed E-state index contributed by atoms with van der Waals surface area (Å²) >= 11 is 0. The standard InChI is InChI=1S/C13H18O3.C6H4/c1-10(9-13(14)15)3-4-11-5-7-12(16-2)8-6-11;1-2-5-4-6(5)3-1/h5-8,10H,3-4,9H2,1-2H3,(H,14,15);1-4H. The molecule has 3 heteroatoms. The lowest BCUT2D eigenvalue weighted by Crippen LogP contribution is -2.05. The molecule has 22 heavy (non-hydrogen) atoms. The predicted octanol–water partition coefficient (Wildman–Crippen LogP) is 4.41. The summed E-state index contributed by atoms with van der Waals surface area (Å²) < 4.78 is 5.07. The minimum Gasteiger partial charge on any atom is -0.497 e. The lowest BCUT2D eigenvalue weighted by molar-refractivity contribution is -0.138. The Kier molecular flexibility index (Phi) is 5.59. The van der Waals surface area contributed by atoms with Crippen molar-refractivity contribution in [1.29, 1.82) is 0 Å². The fourth-order valence-corrected chi connectivity index (χ4v) is 2.28. The van der Waals surface area contributed by atoms with Crippen molar-refractivity contribution in [3.05, 3.63) is 54.1 Å². The van der Waals surface area contributed by atoms with Gasteiger partial charge in [-0.2, -0.15) is 0 Å². The molecule has 1 unspecified atom stereocenters. The van der Waals surface area contributed by atoms with E-state index in [1.165, 1.54) is 16.7 Å². The van der Waals surface area contributed by atoms with Gasteiger partial charge < -0.3 is 9.84 Å². The number of carbonyl (C=O) groups is 1. The van der Waals surface area contributed by atoms with Gasteiger partial charge in [-0.3, -0.25) is 4.79 Å². The third kappa shape index (κ3) is 5.24. The maximum atomic E-state index is 10.5. The third-order valence-corrected chi connectivity index (χ3v) is 3.72. The van der Waals surface area contributed by atoms with Crippen LogP contribution in [0.5, 0.6) is 5.75 Å². The molecule has 0 spiro atoms. The second-order valence-corrected chi connectivity index (χ2v) is 5.67. The van der Waals surface area contributed by atoms with E-state index in [9.17, 15) is 4.79 Å². The van der Waals surface area contributed by atoms with E-state index in [4.69, 9.17) is 9.84 Å². The molecule has 3 rings (SSSR count). The zero-order valence-corrected chi connectivity index (χ0v) is 13.1. The Morgan fingerprint density at radius 2 is 1.77 bits per heavy atom. The van der Waals surface area contributed by atoms with E-state index in [0.29, 0.717) is 0 Å². The summed E-state index contributed by atoms with van der Waals surface area (Å²) in [4.78, 5) is 10.5. The van der Waals surface area contributed by atoms with Crippen molar-refractivity contribution >= 4 is 5.97 Å². The van der Waals surface area contributed by atoms with Crippen LogP contribution in [0.3, 0.4) is 0 Å². The Morgan fingerprint density at radius 1 is 1.14 bits per heavy atom. The average molecular weight is 298 g/mol. The van der Waals surface area contributed by atoms with Crippen LogP contribution in [-0.2, 0) is 11.2 Å². The highest BCUT2D eigenvalue weighted by molar-refractivity contribution is 5.80. The summed E-state index contributed by atoms with van der Waals surface area (Å²) in [5.74, 6) is 0.351. The van der Waals surface area contributed by atoms with Crippen molar-refractivity contribution in [2.24, 2.45) is 5.92 Å². The van der Waals surface area contributed by atoms with Crippen LogP contribution in [0.1, 0.15) is 25.3 Å². The normalized spacial score (nSPS) is 11.9. The van der Waals surface area contributed by atoms with E-state index in [-0.39, 0.29) is 12.3 Å². The number of hydrogen-bond donors (Lipinski definition) is 1. The molecule has 116 valence electrons. The number of carboxylic acid groups (broad SMARTS) is 1. The molecule has 0 aliphatic heterocycles. The van der Waals surface area contributed by atoms with Crippen molar-refractivity contribution in [2.45, 2.75) is 26.2 Å². The summed E-state index contributed by atoms with van der Waals surface area (Å²) in [5.41, 5.74) is 4.07. The predicted molar refractivity (Wildman–Crippen MR) is 88.2 cm³/mol. The lowest BCUT2D eigenvalue weighted by Gasteiger charge is -2.08. The second kappa shape index (κ2) is 7.64. The zero-order valence-electron chi connectivity index (χ0n) is 13.1. The molecule has 0 fully saturated rings. The van der Waals surface area contributed by atoms with Crippen LogP contribution in [0.4, 0.5) is 0 Å². The quantitative estimate of drug-likeness (QED) is 0.733. The van der Waals surface area contributed by atoms with Crippen LogP contribution < -0.4 is 4.74 Å². The van der Waals surface area contributed by atoms with Crippen LogP contribution in [0.15, 0.2) is 48.5 Å². The van der Waals surface area contributed by atoms with E-state index in [2.05, 4.69) is 24.3 Å². The number of ether oxygens (including phenoxy) is 1. The Balaban J connectivity index is 0.000000238. The first-order valence-corrected chi connectivity index (χ1v) is 7.53. The maximum absolute atomic E-state index is 10.5. The van der Waals surface area contributed by atoms with Crippen molar-refractivity contribution in [1.82, 2.24) is 0 Å². The third-order valence-electron chi connectivity index (χ3n) is 3.72. The Morgan fingerprint density at radius 3 is 2.18 bits per heavy atom. The van der Waals surface area contributed by atoms with Gasteiger partial charge in [0.25, 0.3) is 0 Å². The van der Waals surface area contributed by atoms with Crippen molar-refractivity contribution in [3.8, 4) is 16.9 Å². The fourth-order valence-electron chi connectivity index (χ4n) is 2.28. The summed E-state index contributed by atoms with van der Waals surface area (Å²) in [6, 6.07) is 16.4. The van der Waals surface area contributed by atoms with Crippen LogP contribution in [-0.4, -0.2) is 18.2 Å². The molecule has 2 aliphatic rings. The molecular formula is C19H22O3. The van der Waals surface area contributed by atoms with E-state index >= 15 is 0 Å². The molecule has 0 saturated heterocycles. The highest BCUT2D eigenvalue weighted by Gasteiger charge is 2.08. The van der Waals surface area contributed by atoms with Crippen LogP contribution in [0.2, 0.25) is 0 Å². The van der Waals surface area contributed by atoms with Crippen molar-refractivity contribution in [2.75, 3.05) is 7.11 Å². The van der Waals surface area contributed by atoms with Gasteiger partial charge in [-0.05, 0) is 53.6 Å². The Hall–Kier alpha value is -2.29. The molecule has 0 heterocycles. The monoisotopic (exact) mass is 298 g/mol. The van der Waals surface area contributed by atoms with Crippen LogP contribution >= 0.6 is 0 Å². The number of rotatable bonds is 6. The average Bonchev–Trinajstić information content (AvgIpc) is 3.11. The molecule has 0 saturated carbocycles. The van der Waals surface area contributed by atoms with E-state index in [1.807, 2.05) is 31.2 Å². The SMILES string of the molecule is COc1ccc(CCC(C)CC(=O)O)cc1.c1cc2cc-2c1. The summed E-state index contributed by atoms with van der Waals surface area (Å²) in [5, 5.41) is 8.63. The topological polar surface area (TPSA) is 46.5 Å². The number of aryl methyl sites for hydroxylation is 1. The second-order valence-electron chi connectivity index (χ2n) is 5.67. The van der Waals surface area contributed by atoms with E-state index in [1.54, 1.807) is 7.11 Å². The van der Waals surface area contributed by atoms with E-state index < -0.39 is 5.97 Å². The molecule has 0 aromatic heterocycles. The minimum atomic E-state index is -0.720. The number of carboxylic acids is 1. The first kappa shape index (κ1) is 16.1. The molecule has 0 radical (unpaired) electrons. The Bertz CT molecular complexity index is 600. The number of aliphatic carboxylic acids is 1.